The third-order valence-electron chi connectivity index (χ3n) is 5.07. The average molecular weight is 380 g/mol. The molecule has 0 heterocycles. The van der Waals surface area contributed by atoms with E-state index in [4.69, 9.17) is 9.47 Å². The predicted octanol–water partition coefficient (Wildman–Crippen LogP) is 3.77. The van der Waals surface area contributed by atoms with Gasteiger partial charge in [-0.05, 0) is 0 Å². The summed E-state index contributed by atoms with van der Waals surface area (Å²) in [6.07, 6.45) is 2.16. The Morgan fingerprint density at radius 1 is 0.593 bits per heavy atom. The van der Waals surface area contributed by atoms with Crippen molar-refractivity contribution >= 4 is 23.2 Å². The molecule has 0 saturated heterocycles. The van der Waals surface area contributed by atoms with Crippen LogP contribution in [0.5, 0.6) is 0 Å². The molecule has 142 valence electrons. The topological polar surface area (TPSA) is 18.5 Å². The Labute approximate surface area is 163 Å². The third kappa shape index (κ3) is 4.84. The van der Waals surface area contributed by atoms with Gasteiger partial charge in [-0.3, -0.25) is 0 Å². The van der Waals surface area contributed by atoms with Crippen LogP contribution in [0.2, 0.25) is 0 Å². The molecule has 0 fully saturated rings. The predicted molar refractivity (Wildman–Crippen MR) is 119 cm³/mol. The summed E-state index contributed by atoms with van der Waals surface area (Å²) in [5.74, 6) is 0. The molecule has 27 heavy (non-hydrogen) atoms. The van der Waals surface area contributed by atoms with Gasteiger partial charge >= 0.3 is 163 Å². The summed E-state index contributed by atoms with van der Waals surface area (Å²) < 4.78 is 10.9. The second kappa shape index (κ2) is 10.4. The molecule has 0 amide bonds. The first-order valence-electron chi connectivity index (χ1n) is 9.61. The van der Waals surface area contributed by atoms with Crippen molar-refractivity contribution in [1.29, 1.82) is 0 Å². The summed E-state index contributed by atoms with van der Waals surface area (Å²) in [5.41, 5.74) is 0. The molecule has 0 aliphatic carbocycles. The molecule has 0 aliphatic rings. The number of benzene rings is 3. The maximum absolute atomic E-state index is 5.77. The Balaban J connectivity index is 1.98. The van der Waals surface area contributed by atoms with Gasteiger partial charge in [-0.1, -0.05) is 0 Å². The van der Waals surface area contributed by atoms with Crippen LogP contribution in [0.15, 0.2) is 91.0 Å². The normalized spacial score (nSPS) is 12.0. The molecule has 2 nitrogen and oxygen atoms in total. The van der Waals surface area contributed by atoms with Crippen molar-refractivity contribution < 1.29 is 9.47 Å². The van der Waals surface area contributed by atoms with Crippen LogP contribution in [0.1, 0.15) is 6.42 Å². The fourth-order valence-corrected chi connectivity index (χ4v) is 8.61. The zero-order chi connectivity index (χ0) is 18.8. The zero-order valence-electron chi connectivity index (χ0n) is 16.0. The summed E-state index contributed by atoms with van der Waals surface area (Å²) in [4.78, 5) is 0. The van der Waals surface area contributed by atoms with E-state index >= 15 is 0 Å². The van der Waals surface area contributed by atoms with Gasteiger partial charge in [0.25, 0.3) is 0 Å². The van der Waals surface area contributed by atoms with E-state index in [0.29, 0.717) is 13.2 Å². The molecule has 0 unspecified atom stereocenters. The molecule has 0 radical (unpaired) electrons. The van der Waals surface area contributed by atoms with Gasteiger partial charge in [-0.25, -0.2) is 0 Å². The number of hydrogen-bond acceptors (Lipinski definition) is 2. The number of methoxy groups -OCH3 is 1. The van der Waals surface area contributed by atoms with Crippen LogP contribution in [0.3, 0.4) is 0 Å². The monoisotopic (exact) mass is 380 g/mol. The molecule has 0 atom stereocenters. The van der Waals surface area contributed by atoms with E-state index in [1.54, 1.807) is 7.11 Å². The molecule has 3 aromatic carbocycles. The Morgan fingerprint density at radius 2 is 1.04 bits per heavy atom. The van der Waals surface area contributed by atoms with E-state index in [0.717, 1.165) is 19.2 Å². The van der Waals surface area contributed by atoms with Gasteiger partial charge in [0.15, 0.2) is 0 Å². The Hall–Kier alpha value is -1.99. The second-order valence-electron chi connectivity index (χ2n) is 6.71. The van der Waals surface area contributed by atoms with Crippen LogP contribution < -0.4 is 15.9 Å². The van der Waals surface area contributed by atoms with E-state index in [1.165, 1.54) is 15.9 Å². The molecular formula is C24H29O2P. The summed E-state index contributed by atoms with van der Waals surface area (Å²) in [7, 11) is -0.394. The summed E-state index contributed by atoms with van der Waals surface area (Å²) in [5, 5.41) is 4.37. The van der Waals surface area contributed by atoms with Crippen LogP contribution in [0.25, 0.3) is 0 Å². The van der Waals surface area contributed by atoms with E-state index < -0.39 is 7.26 Å². The Morgan fingerprint density at radius 3 is 1.44 bits per heavy atom. The number of hydrogen-bond donors (Lipinski definition) is 0. The first kappa shape index (κ1) is 19.8. The quantitative estimate of drug-likeness (QED) is 0.394. The zero-order valence-corrected chi connectivity index (χ0v) is 17.0. The summed E-state index contributed by atoms with van der Waals surface area (Å²) >= 11 is 0. The summed E-state index contributed by atoms with van der Waals surface area (Å²) in [6, 6.07) is 33.1. The SMILES string of the molecule is COCCOCCC[PH](c1ccccc1)(c1ccccc1)c1ccccc1. The van der Waals surface area contributed by atoms with Gasteiger partial charge in [0.05, 0.1) is 0 Å². The van der Waals surface area contributed by atoms with E-state index in [2.05, 4.69) is 91.0 Å². The van der Waals surface area contributed by atoms with Gasteiger partial charge in [0.2, 0.25) is 0 Å². The molecule has 0 N–H and O–H groups in total. The average Bonchev–Trinajstić information content (AvgIpc) is 2.75. The van der Waals surface area contributed by atoms with Crippen molar-refractivity contribution in [3.05, 3.63) is 91.0 Å². The minimum absolute atomic E-state index is 0.651. The molecule has 0 saturated carbocycles. The van der Waals surface area contributed by atoms with Gasteiger partial charge < -0.3 is 0 Å². The van der Waals surface area contributed by atoms with Crippen LogP contribution in [0.4, 0.5) is 0 Å². The van der Waals surface area contributed by atoms with Gasteiger partial charge in [0, 0.05) is 0 Å². The molecule has 0 aromatic heterocycles. The fourth-order valence-electron chi connectivity index (χ4n) is 3.78. The number of ether oxygens (including phenoxy) is 2. The van der Waals surface area contributed by atoms with Gasteiger partial charge in [0.1, 0.15) is 0 Å². The molecule has 0 spiro atoms. The van der Waals surface area contributed by atoms with Crippen molar-refractivity contribution in [1.82, 2.24) is 0 Å². The van der Waals surface area contributed by atoms with Gasteiger partial charge in [-0.2, -0.15) is 0 Å². The molecule has 3 heteroatoms. The van der Waals surface area contributed by atoms with E-state index in [9.17, 15) is 0 Å². The number of rotatable bonds is 10. The van der Waals surface area contributed by atoms with Crippen molar-refractivity contribution in [3.63, 3.8) is 0 Å². The first-order valence-corrected chi connectivity index (χ1v) is 11.8. The van der Waals surface area contributed by atoms with Crippen LogP contribution >= 0.6 is 7.26 Å². The van der Waals surface area contributed by atoms with Crippen molar-refractivity contribution in [3.8, 4) is 0 Å². The third-order valence-corrected chi connectivity index (χ3v) is 10.1. The maximum atomic E-state index is 5.77. The Bertz CT molecular complexity index is 679. The second-order valence-corrected chi connectivity index (χ2v) is 10.8. The van der Waals surface area contributed by atoms with Crippen molar-refractivity contribution in [2.24, 2.45) is 0 Å². The first-order chi connectivity index (χ1) is 13.4. The van der Waals surface area contributed by atoms with Crippen LogP contribution in [-0.2, 0) is 9.47 Å². The molecule has 3 aromatic rings. The van der Waals surface area contributed by atoms with Crippen molar-refractivity contribution in [2.45, 2.75) is 6.42 Å². The van der Waals surface area contributed by atoms with E-state index in [-0.39, 0.29) is 0 Å². The molecule has 0 bridgehead atoms. The standard InChI is InChI=1S/C24H29O2P/c1-25-19-20-26-18-11-21-27(22-12-5-2-6-13-22,23-14-7-3-8-15-23)24-16-9-4-10-17-24/h2-10,12-17,27H,11,18-21H2,1H3. The minimum atomic E-state index is -2.10. The van der Waals surface area contributed by atoms with Crippen molar-refractivity contribution in [2.75, 3.05) is 33.1 Å². The Kier molecular flexibility index (Phi) is 7.59. The molecule has 0 aliphatic heterocycles. The van der Waals surface area contributed by atoms with Gasteiger partial charge in [-0.15, -0.1) is 0 Å². The molecular weight excluding hydrogens is 351 g/mol. The molecule has 3 rings (SSSR count). The van der Waals surface area contributed by atoms with Crippen LogP contribution in [0, 0.1) is 0 Å². The van der Waals surface area contributed by atoms with Crippen LogP contribution in [-0.4, -0.2) is 33.1 Å². The summed E-state index contributed by atoms with van der Waals surface area (Å²) in [6.45, 7) is 2.08. The fraction of sp³-hybridized carbons (Fsp3) is 0.250. The van der Waals surface area contributed by atoms with E-state index in [1.807, 2.05) is 0 Å².